The van der Waals surface area contributed by atoms with Crippen molar-refractivity contribution < 1.29 is 38.0 Å². The molecule has 1 amide bonds. The number of hydrogen-bond acceptors (Lipinski definition) is 7. The van der Waals surface area contributed by atoms with E-state index in [1.165, 1.54) is 205 Å². The number of rotatable bonds is 53. The molecule has 10 heteroatoms. The second-order valence-corrected chi connectivity index (χ2v) is 22.5. The maximum atomic E-state index is 13.0. The van der Waals surface area contributed by atoms with Gasteiger partial charge < -0.3 is 34.0 Å². The summed E-state index contributed by atoms with van der Waals surface area (Å²) in [7, 11) is 1.14. The predicted octanol–water partition coefficient (Wildman–Crippen LogP) is 15.5. The molecule has 0 spiro atoms. The second kappa shape index (κ2) is 48.6. The molecule has 0 bridgehead atoms. The summed E-state index contributed by atoms with van der Waals surface area (Å²) in [4.78, 5) is 25.5. The van der Waals surface area contributed by atoms with Gasteiger partial charge in [0.25, 0.3) is 7.82 Å². The monoisotopic (exact) mass is 969 g/mol. The molecule has 0 fully saturated rings. The Morgan fingerprint density at radius 1 is 0.537 bits per heavy atom. The molecule has 0 radical (unpaired) electrons. The SMILES string of the molecule is CCCCCCC/C=C\C/C=C\CCCCCCCCCCCCCCCCCCCCCC(=O)NC(COP(=O)([O-])OCC[N+](C)(C)C)C(O)C(O)CCCCCCCCCCCCCC. The Bertz CT molecular complexity index is 1160. The first-order chi connectivity index (χ1) is 32.4. The molecule has 0 aliphatic rings. The largest absolute Gasteiger partial charge is 0.756 e. The second-order valence-electron chi connectivity index (χ2n) is 21.1. The van der Waals surface area contributed by atoms with E-state index in [1.807, 2.05) is 21.1 Å². The van der Waals surface area contributed by atoms with Crippen LogP contribution in [0.2, 0.25) is 0 Å². The maximum absolute atomic E-state index is 13.0. The van der Waals surface area contributed by atoms with Crippen molar-refractivity contribution in [2.75, 3.05) is 40.9 Å². The van der Waals surface area contributed by atoms with E-state index in [1.54, 1.807) is 0 Å². The Kier molecular flexibility index (Phi) is 47.8. The third kappa shape index (κ3) is 49.7. The number of carbonyl (C=O) groups excluding carboxylic acids is 1. The Morgan fingerprint density at radius 3 is 1.28 bits per heavy atom. The van der Waals surface area contributed by atoms with E-state index in [0.717, 1.165) is 44.9 Å². The third-order valence-electron chi connectivity index (χ3n) is 13.3. The number of amides is 1. The van der Waals surface area contributed by atoms with Gasteiger partial charge in [-0.15, -0.1) is 0 Å². The summed E-state index contributed by atoms with van der Waals surface area (Å²) in [6.07, 6.45) is 56.7. The number of aliphatic hydroxyl groups is 2. The van der Waals surface area contributed by atoms with Crippen molar-refractivity contribution in [3.05, 3.63) is 24.3 Å². The van der Waals surface area contributed by atoms with Gasteiger partial charge in [-0.05, 0) is 44.9 Å². The number of carbonyl (C=O) groups is 1. The number of hydrogen-bond donors (Lipinski definition) is 3. The minimum atomic E-state index is -4.67. The van der Waals surface area contributed by atoms with E-state index in [-0.39, 0.29) is 18.9 Å². The minimum Gasteiger partial charge on any atom is -0.756 e. The predicted molar refractivity (Wildman–Crippen MR) is 285 cm³/mol. The van der Waals surface area contributed by atoms with E-state index < -0.39 is 32.7 Å². The summed E-state index contributed by atoms with van der Waals surface area (Å²) in [5.41, 5.74) is 0. The van der Waals surface area contributed by atoms with Crippen LogP contribution in [0.1, 0.15) is 277 Å². The average Bonchev–Trinajstić information content (AvgIpc) is 3.29. The molecule has 0 aromatic rings. The molecule has 4 atom stereocenters. The van der Waals surface area contributed by atoms with Crippen LogP contribution >= 0.6 is 7.82 Å². The van der Waals surface area contributed by atoms with Gasteiger partial charge in [-0.3, -0.25) is 9.36 Å². The van der Waals surface area contributed by atoms with E-state index in [0.29, 0.717) is 17.4 Å². The van der Waals surface area contributed by atoms with Crippen LogP contribution in [0.15, 0.2) is 24.3 Å². The van der Waals surface area contributed by atoms with E-state index in [9.17, 15) is 24.5 Å². The van der Waals surface area contributed by atoms with Crippen molar-refractivity contribution in [2.45, 2.75) is 295 Å². The summed E-state index contributed by atoms with van der Waals surface area (Å²) in [5, 5.41) is 24.7. The topological polar surface area (TPSA) is 128 Å². The fraction of sp³-hybridized carbons (Fsp3) is 0.912. The quantitative estimate of drug-likeness (QED) is 0.0240. The van der Waals surface area contributed by atoms with E-state index in [4.69, 9.17) is 9.05 Å². The highest BCUT2D eigenvalue weighted by molar-refractivity contribution is 7.45. The number of nitrogens with zero attached hydrogens (tertiary/aromatic N) is 1. The van der Waals surface area contributed by atoms with Gasteiger partial charge in [-0.1, -0.05) is 250 Å². The number of phosphoric acid groups is 1. The average molecular weight is 970 g/mol. The molecule has 0 saturated heterocycles. The zero-order valence-electron chi connectivity index (χ0n) is 45.0. The molecule has 9 nitrogen and oxygen atoms in total. The van der Waals surface area contributed by atoms with Gasteiger partial charge in [-0.2, -0.15) is 0 Å². The molecule has 3 N–H and O–H groups in total. The van der Waals surface area contributed by atoms with E-state index >= 15 is 0 Å². The molecule has 0 aliphatic heterocycles. The Morgan fingerprint density at radius 2 is 0.896 bits per heavy atom. The molecule has 0 rings (SSSR count). The number of likely N-dealkylation sites (N-methyl/N-ethyl adjacent to an activating group) is 1. The molecular formula is C57H113N2O7P. The highest BCUT2D eigenvalue weighted by Crippen LogP contribution is 2.38. The van der Waals surface area contributed by atoms with Gasteiger partial charge in [-0.25, -0.2) is 0 Å². The van der Waals surface area contributed by atoms with Crippen molar-refractivity contribution in [3.63, 3.8) is 0 Å². The number of nitrogens with one attached hydrogen (secondary N) is 1. The first-order valence-electron chi connectivity index (χ1n) is 28.8. The van der Waals surface area contributed by atoms with Gasteiger partial charge in [0.05, 0.1) is 39.9 Å². The number of unbranched alkanes of at least 4 members (excludes halogenated alkanes) is 35. The first-order valence-corrected chi connectivity index (χ1v) is 30.2. The highest BCUT2D eigenvalue weighted by Gasteiger charge is 2.29. The molecule has 0 aromatic carbocycles. The fourth-order valence-electron chi connectivity index (χ4n) is 8.70. The lowest BCUT2D eigenvalue weighted by molar-refractivity contribution is -0.870. The van der Waals surface area contributed by atoms with Gasteiger partial charge in [0.2, 0.25) is 5.91 Å². The van der Waals surface area contributed by atoms with Crippen LogP contribution < -0.4 is 10.2 Å². The van der Waals surface area contributed by atoms with Crippen molar-refractivity contribution in [2.24, 2.45) is 0 Å². The Balaban J connectivity index is 4.08. The lowest BCUT2D eigenvalue weighted by Crippen LogP contribution is -2.51. The van der Waals surface area contributed by atoms with Crippen LogP contribution in [0.3, 0.4) is 0 Å². The summed E-state index contributed by atoms with van der Waals surface area (Å²) in [6.45, 7) is 4.45. The van der Waals surface area contributed by atoms with E-state index in [2.05, 4.69) is 43.5 Å². The number of phosphoric ester groups is 1. The molecule has 0 aromatic heterocycles. The molecular weight excluding hydrogens is 856 g/mol. The summed E-state index contributed by atoms with van der Waals surface area (Å²) < 4.78 is 23.3. The van der Waals surface area contributed by atoms with Crippen LogP contribution in [-0.2, 0) is 18.4 Å². The van der Waals surface area contributed by atoms with Crippen molar-refractivity contribution in [1.29, 1.82) is 0 Å². The van der Waals surface area contributed by atoms with Gasteiger partial charge >= 0.3 is 0 Å². The molecule has 0 heterocycles. The fourth-order valence-corrected chi connectivity index (χ4v) is 9.42. The van der Waals surface area contributed by atoms with Crippen molar-refractivity contribution in [1.82, 2.24) is 5.32 Å². The minimum absolute atomic E-state index is 0.0385. The summed E-state index contributed by atoms with van der Waals surface area (Å²) in [6, 6.07) is -1.07. The Labute approximate surface area is 416 Å². The summed E-state index contributed by atoms with van der Waals surface area (Å²) >= 11 is 0. The molecule has 4 unspecified atom stereocenters. The first kappa shape index (κ1) is 65.9. The van der Waals surface area contributed by atoms with Gasteiger partial charge in [0.15, 0.2) is 0 Å². The van der Waals surface area contributed by atoms with Gasteiger partial charge in [0.1, 0.15) is 19.3 Å². The molecule has 0 aliphatic carbocycles. The third-order valence-corrected chi connectivity index (χ3v) is 14.2. The zero-order chi connectivity index (χ0) is 49.4. The number of quaternary nitrogens is 1. The van der Waals surface area contributed by atoms with Crippen molar-refractivity contribution >= 4 is 13.7 Å². The van der Waals surface area contributed by atoms with Gasteiger partial charge in [0, 0.05) is 6.42 Å². The van der Waals surface area contributed by atoms with Crippen LogP contribution in [0.4, 0.5) is 0 Å². The van der Waals surface area contributed by atoms with Crippen LogP contribution in [0, 0.1) is 0 Å². The maximum Gasteiger partial charge on any atom is 0.268 e. The molecule has 398 valence electrons. The smallest absolute Gasteiger partial charge is 0.268 e. The van der Waals surface area contributed by atoms with Crippen LogP contribution in [0.5, 0.6) is 0 Å². The highest BCUT2D eigenvalue weighted by atomic mass is 31.2. The zero-order valence-corrected chi connectivity index (χ0v) is 45.9. The van der Waals surface area contributed by atoms with Crippen LogP contribution in [-0.4, -0.2) is 79.8 Å². The Hall–Kier alpha value is -1.06. The number of allylic oxidation sites excluding steroid dienone is 4. The summed E-state index contributed by atoms with van der Waals surface area (Å²) in [5.74, 6) is -0.274. The lowest BCUT2D eigenvalue weighted by atomic mass is 9.99. The molecule has 0 saturated carbocycles. The number of aliphatic hydroxyl groups excluding tert-OH is 2. The normalized spacial score (nSPS) is 14.6. The van der Waals surface area contributed by atoms with Crippen LogP contribution in [0.25, 0.3) is 0 Å². The standard InChI is InChI=1S/C57H113N2O7P/c1-6-8-10-12-14-16-18-20-21-22-23-24-25-26-27-28-29-30-31-32-33-34-35-36-37-38-40-42-44-46-48-50-56(61)58-54(53-66-67(63,64)65-52-51-59(3,4)5)57(62)55(60)49-47-45-43-41-39-19-17-15-13-11-9-7-2/h18,20,22-23,54-55,57,60,62H,6-17,19,21,24-53H2,1-5H3,(H-,58,61,63,64)/b20-18-,23-22-. The molecule has 67 heavy (non-hydrogen) atoms. The van der Waals surface area contributed by atoms with Crippen molar-refractivity contribution in [3.8, 4) is 0 Å². The lowest BCUT2D eigenvalue weighted by Gasteiger charge is -2.31.